The number of esters is 1. The largest absolute Gasteiger partial charge is 0.480 e. The average Bonchev–Trinajstić information content (AvgIpc) is 3.02. The lowest BCUT2D eigenvalue weighted by atomic mass is 10.1. The lowest BCUT2D eigenvalue weighted by molar-refractivity contribution is -0.383. The minimum atomic E-state index is -1.23. The maximum absolute atomic E-state index is 12.3. The molecule has 0 fully saturated rings. The molecule has 0 radical (unpaired) electrons. The number of nitro benzene ring substituents is 1. The van der Waals surface area contributed by atoms with Gasteiger partial charge in [-0.2, -0.15) is 0 Å². The fourth-order valence-electron chi connectivity index (χ4n) is 2.53. The first kappa shape index (κ1) is 19.1. The Hall–Kier alpha value is -3.27. The first-order chi connectivity index (χ1) is 12.2. The fourth-order valence-corrected chi connectivity index (χ4v) is 2.53. The summed E-state index contributed by atoms with van der Waals surface area (Å²) in [5.74, 6) is -2.29. The van der Waals surface area contributed by atoms with Crippen LogP contribution in [-0.4, -0.2) is 45.6 Å². The van der Waals surface area contributed by atoms with Crippen molar-refractivity contribution in [2.45, 2.75) is 25.3 Å². The monoisotopic (exact) mass is 363 g/mol. The van der Waals surface area contributed by atoms with Crippen LogP contribution in [0.3, 0.4) is 0 Å². The maximum Gasteiger partial charge on any atom is 0.320 e. The standard InChI is InChI=1S/C16H17N3O7/c1-26-14(21)8-9-6-10-4-5-18(15(10)12(7-9)19(24)25)13(20)3-2-11(17)16(22)23/h4-7,11H,2-3,8,17H2,1H3,(H,22,23). The number of hydrogen-bond donors (Lipinski definition) is 2. The van der Waals surface area contributed by atoms with Crippen molar-refractivity contribution < 1.29 is 29.2 Å². The highest BCUT2D eigenvalue weighted by Crippen LogP contribution is 2.29. The van der Waals surface area contributed by atoms with Gasteiger partial charge in [0.25, 0.3) is 5.69 Å². The van der Waals surface area contributed by atoms with Gasteiger partial charge in [0.15, 0.2) is 0 Å². The molecule has 0 aliphatic carbocycles. The molecule has 2 rings (SSSR count). The van der Waals surface area contributed by atoms with Crippen LogP contribution in [0.15, 0.2) is 24.4 Å². The summed E-state index contributed by atoms with van der Waals surface area (Å²) in [5, 5.41) is 20.6. The summed E-state index contributed by atoms with van der Waals surface area (Å²) in [6.07, 6.45) is 0.953. The van der Waals surface area contributed by atoms with Crippen LogP contribution < -0.4 is 5.73 Å². The van der Waals surface area contributed by atoms with Crippen LogP contribution in [0.25, 0.3) is 10.9 Å². The smallest absolute Gasteiger partial charge is 0.320 e. The van der Waals surface area contributed by atoms with Gasteiger partial charge >= 0.3 is 11.9 Å². The van der Waals surface area contributed by atoms with E-state index in [4.69, 9.17) is 10.8 Å². The number of carbonyl (C=O) groups excluding carboxylic acids is 2. The summed E-state index contributed by atoms with van der Waals surface area (Å²) in [5.41, 5.74) is 5.51. The number of benzene rings is 1. The number of nitrogens with two attached hydrogens (primary N) is 1. The van der Waals surface area contributed by atoms with Gasteiger partial charge in [-0.05, 0) is 24.1 Å². The molecule has 138 valence electrons. The molecule has 0 saturated carbocycles. The quantitative estimate of drug-likeness (QED) is 0.421. The van der Waals surface area contributed by atoms with Crippen molar-refractivity contribution in [3.63, 3.8) is 0 Å². The first-order valence-electron chi connectivity index (χ1n) is 7.61. The number of fused-ring (bicyclic) bond motifs is 1. The average molecular weight is 363 g/mol. The van der Waals surface area contributed by atoms with Gasteiger partial charge in [-0.3, -0.25) is 29.1 Å². The topological polar surface area (TPSA) is 155 Å². The second kappa shape index (κ2) is 7.74. The molecule has 0 amide bonds. The predicted octanol–water partition coefficient (Wildman–Crippen LogP) is 1.10. The zero-order valence-corrected chi connectivity index (χ0v) is 13.9. The second-order valence-corrected chi connectivity index (χ2v) is 5.63. The van der Waals surface area contributed by atoms with E-state index < -0.39 is 28.8 Å². The SMILES string of the molecule is COC(=O)Cc1cc([N+](=O)[O-])c2c(ccn2C(=O)CCC(N)C(=O)O)c1. The van der Waals surface area contributed by atoms with Crippen molar-refractivity contribution in [3.05, 3.63) is 40.1 Å². The summed E-state index contributed by atoms with van der Waals surface area (Å²) in [6, 6.07) is 3.10. The number of non-ortho nitro benzene ring substituents is 1. The van der Waals surface area contributed by atoms with E-state index in [2.05, 4.69) is 4.74 Å². The number of aromatic nitrogens is 1. The van der Waals surface area contributed by atoms with Crippen LogP contribution in [0.2, 0.25) is 0 Å². The molecule has 1 heterocycles. The predicted molar refractivity (Wildman–Crippen MR) is 89.8 cm³/mol. The van der Waals surface area contributed by atoms with Crippen molar-refractivity contribution in [1.29, 1.82) is 0 Å². The van der Waals surface area contributed by atoms with Gasteiger partial charge in [0.1, 0.15) is 11.6 Å². The van der Waals surface area contributed by atoms with Crippen LogP contribution in [0.4, 0.5) is 5.69 Å². The van der Waals surface area contributed by atoms with Crippen LogP contribution in [0, 0.1) is 10.1 Å². The van der Waals surface area contributed by atoms with Crippen molar-refractivity contribution >= 4 is 34.4 Å². The fraction of sp³-hybridized carbons (Fsp3) is 0.312. The van der Waals surface area contributed by atoms with E-state index in [1.807, 2.05) is 0 Å². The number of methoxy groups -OCH3 is 1. The molecule has 1 aromatic heterocycles. The third-order valence-corrected chi connectivity index (χ3v) is 3.85. The lowest BCUT2D eigenvalue weighted by Gasteiger charge is -2.08. The summed E-state index contributed by atoms with van der Waals surface area (Å²) >= 11 is 0. The van der Waals surface area contributed by atoms with E-state index in [9.17, 15) is 24.5 Å². The summed E-state index contributed by atoms with van der Waals surface area (Å²) in [7, 11) is 1.21. The first-order valence-corrected chi connectivity index (χ1v) is 7.61. The third-order valence-electron chi connectivity index (χ3n) is 3.85. The minimum Gasteiger partial charge on any atom is -0.480 e. The Bertz CT molecular complexity index is 887. The molecule has 0 saturated heterocycles. The Balaban J connectivity index is 2.40. The highest BCUT2D eigenvalue weighted by Gasteiger charge is 2.22. The Kier molecular flexibility index (Phi) is 5.68. The summed E-state index contributed by atoms with van der Waals surface area (Å²) in [4.78, 5) is 45.3. The van der Waals surface area contributed by atoms with E-state index in [1.54, 1.807) is 6.07 Å². The molecule has 10 nitrogen and oxygen atoms in total. The van der Waals surface area contributed by atoms with Gasteiger partial charge in [-0.1, -0.05) is 0 Å². The minimum absolute atomic E-state index is 0.0810. The van der Waals surface area contributed by atoms with Gasteiger partial charge in [-0.25, -0.2) is 0 Å². The molecule has 10 heteroatoms. The number of carboxylic acid groups (broad SMARTS) is 1. The molecule has 0 spiro atoms. The Morgan fingerprint density at radius 3 is 2.65 bits per heavy atom. The molecule has 0 aliphatic rings. The van der Waals surface area contributed by atoms with Crippen molar-refractivity contribution in [3.8, 4) is 0 Å². The molecular formula is C16H17N3O7. The number of aliphatic carboxylic acids is 1. The Morgan fingerprint density at radius 2 is 2.08 bits per heavy atom. The maximum atomic E-state index is 12.3. The molecule has 1 atom stereocenters. The van der Waals surface area contributed by atoms with Crippen LogP contribution in [0.5, 0.6) is 0 Å². The third kappa shape index (κ3) is 4.03. The molecule has 3 N–H and O–H groups in total. The van der Waals surface area contributed by atoms with Gasteiger partial charge in [0.2, 0.25) is 5.91 Å². The van der Waals surface area contributed by atoms with Crippen molar-refractivity contribution in [2.24, 2.45) is 5.73 Å². The highest BCUT2D eigenvalue weighted by atomic mass is 16.6. The van der Waals surface area contributed by atoms with E-state index in [0.717, 1.165) is 4.57 Å². The van der Waals surface area contributed by atoms with Crippen LogP contribution >= 0.6 is 0 Å². The number of carbonyl (C=O) groups is 3. The number of nitro groups is 1. The van der Waals surface area contributed by atoms with Gasteiger partial charge in [-0.15, -0.1) is 0 Å². The van der Waals surface area contributed by atoms with Crippen LogP contribution in [-0.2, 0) is 20.7 Å². The van der Waals surface area contributed by atoms with E-state index in [-0.39, 0.29) is 30.5 Å². The van der Waals surface area contributed by atoms with Gasteiger partial charge < -0.3 is 15.6 Å². The molecule has 2 aromatic rings. The zero-order chi connectivity index (χ0) is 19.4. The lowest BCUT2D eigenvalue weighted by Crippen LogP contribution is -2.31. The number of rotatable bonds is 7. The number of nitrogens with zero attached hydrogens (tertiary/aromatic N) is 2. The normalized spacial score (nSPS) is 11.9. The molecule has 0 bridgehead atoms. The van der Waals surface area contributed by atoms with Gasteiger partial charge in [0.05, 0.1) is 18.5 Å². The molecule has 0 aliphatic heterocycles. The van der Waals surface area contributed by atoms with E-state index >= 15 is 0 Å². The Morgan fingerprint density at radius 1 is 1.38 bits per heavy atom. The summed E-state index contributed by atoms with van der Waals surface area (Å²) < 4.78 is 5.66. The number of ether oxygens (including phenoxy) is 1. The van der Waals surface area contributed by atoms with E-state index in [0.29, 0.717) is 10.9 Å². The van der Waals surface area contributed by atoms with Crippen LogP contribution in [0.1, 0.15) is 23.2 Å². The zero-order valence-electron chi connectivity index (χ0n) is 13.9. The highest BCUT2D eigenvalue weighted by molar-refractivity contribution is 5.98. The van der Waals surface area contributed by atoms with Crippen molar-refractivity contribution in [2.75, 3.05) is 7.11 Å². The molecule has 26 heavy (non-hydrogen) atoms. The van der Waals surface area contributed by atoms with Crippen molar-refractivity contribution in [1.82, 2.24) is 4.57 Å². The molecule has 1 unspecified atom stereocenters. The molecular weight excluding hydrogens is 346 g/mol. The van der Waals surface area contributed by atoms with Gasteiger partial charge in [0, 0.05) is 24.1 Å². The Labute approximate surface area is 147 Å². The number of hydrogen-bond acceptors (Lipinski definition) is 7. The molecule has 1 aromatic carbocycles. The number of carboxylic acids is 1. The van der Waals surface area contributed by atoms with E-state index in [1.165, 1.54) is 25.4 Å². The summed E-state index contributed by atoms with van der Waals surface area (Å²) in [6.45, 7) is 0. The second-order valence-electron chi connectivity index (χ2n) is 5.63.